The lowest BCUT2D eigenvalue weighted by Gasteiger charge is -2.18. The van der Waals surface area contributed by atoms with E-state index in [-0.39, 0.29) is 30.0 Å². The van der Waals surface area contributed by atoms with Crippen LogP contribution in [0.3, 0.4) is 0 Å². The Balaban J connectivity index is 1.74. The Bertz CT molecular complexity index is 1160. The number of carbonyl (C=O) groups excluding carboxylic acids is 3. The monoisotopic (exact) mass is 446 g/mol. The highest BCUT2D eigenvalue weighted by molar-refractivity contribution is 5.99. The Hall–Kier alpha value is -4.33. The fourth-order valence-electron chi connectivity index (χ4n) is 3.17. The number of hydrogen-bond donors (Lipinski definition) is 1. The van der Waals surface area contributed by atoms with Gasteiger partial charge in [0.2, 0.25) is 6.10 Å². The van der Waals surface area contributed by atoms with E-state index in [4.69, 9.17) is 4.74 Å². The number of anilines is 1. The van der Waals surface area contributed by atoms with Crippen molar-refractivity contribution in [3.63, 3.8) is 0 Å². The number of aryl methyl sites for hydroxylation is 1. The van der Waals surface area contributed by atoms with Crippen LogP contribution < -0.4 is 5.32 Å². The SMILES string of the molecule is Cc1ccc(NC(=O)C(OC(=O)CCC(=O)c2ccccc2)c2ccccc2)c([N+](=O)[O-])c1. The molecule has 1 N–H and O–H groups in total. The maximum Gasteiger partial charge on any atom is 0.307 e. The molecule has 3 aromatic carbocycles. The Morgan fingerprint density at radius 2 is 1.58 bits per heavy atom. The van der Waals surface area contributed by atoms with Crippen LogP contribution in [0.4, 0.5) is 11.4 Å². The first-order valence-corrected chi connectivity index (χ1v) is 10.2. The second kappa shape index (κ2) is 10.8. The van der Waals surface area contributed by atoms with E-state index in [1.165, 1.54) is 12.1 Å². The summed E-state index contributed by atoms with van der Waals surface area (Å²) in [5.41, 5.74) is 1.26. The lowest BCUT2D eigenvalue weighted by Crippen LogP contribution is -2.26. The molecule has 0 spiro atoms. The molecule has 1 amide bonds. The van der Waals surface area contributed by atoms with Crippen LogP contribution >= 0.6 is 0 Å². The zero-order valence-electron chi connectivity index (χ0n) is 17.9. The van der Waals surface area contributed by atoms with Gasteiger partial charge >= 0.3 is 5.97 Å². The topological polar surface area (TPSA) is 116 Å². The molecule has 33 heavy (non-hydrogen) atoms. The minimum Gasteiger partial charge on any atom is -0.447 e. The summed E-state index contributed by atoms with van der Waals surface area (Å²) in [6.07, 6.45) is -1.63. The van der Waals surface area contributed by atoms with Gasteiger partial charge in [-0.3, -0.25) is 24.5 Å². The Morgan fingerprint density at radius 3 is 2.21 bits per heavy atom. The van der Waals surface area contributed by atoms with Crippen molar-refractivity contribution in [2.24, 2.45) is 0 Å². The number of nitrogens with one attached hydrogen (secondary N) is 1. The quantitative estimate of drug-likeness (QED) is 0.219. The van der Waals surface area contributed by atoms with Crippen molar-refractivity contribution >= 4 is 29.0 Å². The van der Waals surface area contributed by atoms with Crippen LogP contribution in [0.25, 0.3) is 0 Å². The van der Waals surface area contributed by atoms with Gasteiger partial charge in [0.25, 0.3) is 11.6 Å². The number of carbonyl (C=O) groups is 3. The maximum atomic E-state index is 13.0. The summed E-state index contributed by atoms with van der Waals surface area (Å²) in [4.78, 5) is 48.5. The first-order chi connectivity index (χ1) is 15.8. The van der Waals surface area contributed by atoms with Crippen molar-refractivity contribution in [3.05, 3.63) is 106 Å². The normalized spacial score (nSPS) is 11.3. The van der Waals surface area contributed by atoms with Gasteiger partial charge in [-0.15, -0.1) is 0 Å². The van der Waals surface area contributed by atoms with Gasteiger partial charge in [0.1, 0.15) is 5.69 Å². The standard InChI is InChI=1S/C25H22N2O6/c1-17-12-13-20(21(16-17)27(31)32)26-25(30)24(19-10-6-3-7-11-19)33-23(29)15-14-22(28)18-8-4-2-5-9-18/h2-13,16,24H,14-15H2,1H3,(H,26,30). The molecule has 0 fully saturated rings. The van der Waals surface area contributed by atoms with E-state index >= 15 is 0 Å². The number of nitrogens with zero attached hydrogens (tertiary/aromatic N) is 1. The highest BCUT2D eigenvalue weighted by atomic mass is 16.6. The average molecular weight is 446 g/mol. The molecule has 0 aliphatic heterocycles. The molecule has 8 nitrogen and oxygen atoms in total. The number of nitro benzene ring substituents is 1. The summed E-state index contributed by atoms with van der Waals surface area (Å²) in [5, 5.41) is 13.9. The van der Waals surface area contributed by atoms with E-state index in [0.29, 0.717) is 16.7 Å². The average Bonchev–Trinajstić information content (AvgIpc) is 2.83. The van der Waals surface area contributed by atoms with Crippen LogP contribution in [0.1, 0.15) is 40.4 Å². The van der Waals surface area contributed by atoms with E-state index < -0.39 is 22.9 Å². The molecule has 0 bridgehead atoms. The van der Waals surface area contributed by atoms with Crippen molar-refractivity contribution in [1.82, 2.24) is 0 Å². The van der Waals surface area contributed by atoms with Gasteiger partial charge in [0.05, 0.1) is 11.3 Å². The number of ketones is 1. The van der Waals surface area contributed by atoms with Crippen molar-refractivity contribution in [1.29, 1.82) is 0 Å². The Labute approximate surface area is 190 Å². The molecule has 0 radical (unpaired) electrons. The number of esters is 1. The summed E-state index contributed by atoms with van der Waals surface area (Å²) >= 11 is 0. The molecular formula is C25H22N2O6. The molecule has 0 saturated carbocycles. The first-order valence-electron chi connectivity index (χ1n) is 10.2. The minimum atomic E-state index is -1.34. The molecule has 168 valence electrons. The number of amides is 1. The smallest absolute Gasteiger partial charge is 0.307 e. The van der Waals surface area contributed by atoms with E-state index in [9.17, 15) is 24.5 Å². The second-order valence-corrected chi connectivity index (χ2v) is 7.34. The van der Waals surface area contributed by atoms with Gasteiger partial charge in [-0.05, 0) is 18.6 Å². The Morgan fingerprint density at radius 1 is 0.939 bits per heavy atom. The van der Waals surface area contributed by atoms with Gasteiger partial charge in [-0.2, -0.15) is 0 Å². The lowest BCUT2D eigenvalue weighted by molar-refractivity contribution is -0.384. The van der Waals surface area contributed by atoms with Crippen molar-refractivity contribution < 1.29 is 24.0 Å². The molecule has 0 aliphatic carbocycles. The van der Waals surface area contributed by atoms with E-state index in [1.54, 1.807) is 73.7 Å². The fraction of sp³-hybridized carbons (Fsp3) is 0.160. The van der Waals surface area contributed by atoms with E-state index in [2.05, 4.69) is 5.32 Å². The third-order valence-electron chi connectivity index (χ3n) is 4.85. The molecule has 0 aromatic heterocycles. The number of benzene rings is 3. The number of ether oxygens (including phenoxy) is 1. The third-order valence-corrected chi connectivity index (χ3v) is 4.85. The van der Waals surface area contributed by atoms with Gasteiger partial charge in [0, 0.05) is 23.6 Å². The highest BCUT2D eigenvalue weighted by Gasteiger charge is 2.27. The summed E-state index contributed by atoms with van der Waals surface area (Å²) in [6, 6.07) is 21.3. The van der Waals surface area contributed by atoms with E-state index in [1.807, 2.05) is 0 Å². The lowest BCUT2D eigenvalue weighted by atomic mass is 10.1. The third kappa shape index (κ3) is 6.33. The zero-order valence-corrected chi connectivity index (χ0v) is 17.9. The molecule has 8 heteroatoms. The maximum absolute atomic E-state index is 13.0. The number of nitro groups is 1. The van der Waals surface area contributed by atoms with Crippen molar-refractivity contribution in [2.75, 3.05) is 5.32 Å². The van der Waals surface area contributed by atoms with Crippen LogP contribution in [-0.4, -0.2) is 22.6 Å². The highest BCUT2D eigenvalue weighted by Crippen LogP contribution is 2.28. The molecule has 1 unspecified atom stereocenters. The number of hydrogen-bond acceptors (Lipinski definition) is 6. The van der Waals surface area contributed by atoms with Crippen LogP contribution in [0, 0.1) is 17.0 Å². The fourth-order valence-corrected chi connectivity index (χ4v) is 3.17. The van der Waals surface area contributed by atoms with Crippen LogP contribution in [0.2, 0.25) is 0 Å². The van der Waals surface area contributed by atoms with Gasteiger partial charge in [-0.25, -0.2) is 0 Å². The predicted molar refractivity (Wildman–Crippen MR) is 122 cm³/mol. The van der Waals surface area contributed by atoms with Crippen LogP contribution in [0.15, 0.2) is 78.9 Å². The Kier molecular flexibility index (Phi) is 7.64. The molecule has 0 saturated heterocycles. The number of rotatable bonds is 9. The molecule has 0 heterocycles. The van der Waals surface area contributed by atoms with Gasteiger partial charge in [-0.1, -0.05) is 66.7 Å². The summed E-state index contributed by atoms with van der Waals surface area (Å²) in [6.45, 7) is 1.70. The summed E-state index contributed by atoms with van der Waals surface area (Å²) < 4.78 is 5.41. The summed E-state index contributed by atoms with van der Waals surface area (Å²) in [5.74, 6) is -1.69. The molecule has 1 atom stereocenters. The minimum absolute atomic E-state index is 0.00756. The second-order valence-electron chi connectivity index (χ2n) is 7.34. The molecular weight excluding hydrogens is 424 g/mol. The predicted octanol–water partition coefficient (Wildman–Crippen LogP) is 4.79. The van der Waals surface area contributed by atoms with Gasteiger partial charge in [0.15, 0.2) is 5.78 Å². The molecule has 0 aliphatic rings. The summed E-state index contributed by atoms with van der Waals surface area (Å²) in [7, 11) is 0. The van der Waals surface area contributed by atoms with E-state index in [0.717, 1.165) is 0 Å². The van der Waals surface area contributed by atoms with Crippen LogP contribution in [0.5, 0.6) is 0 Å². The van der Waals surface area contributed by atoms with Crippen molar-refractivity contribution in [3.8, 4) is 0 Å². The molecule has 3 aromatic rings. The van der Waals surface area contributed by atoms with Crippen molar-refractivity contribution in [2.45, 2.75) is 25.9 Å². The largest absolute Gasteiger partial charge is 0.447 e. The zero-order chi connectivity index (χ0) is 23.8. The van der Waals surface area contributed by atoms with Crippen LogP contribution in [-0.2, 0) is 14.3 Å². The van der Waals surface area contributed by atoms with Gasteiger partial charge < -0.3 is 10.1 Å². The molecule has 3 rings (SSSR count). The first kappa shape index (κ1) is 23.3. The number of Topliss-reactive ketones (excluding diaryl/α,β-unsaturated/α-hetero) is 1.